The van der Waals surface area contributed by atoms with Crippen molar-refractivity contribution in [1.82, 2.24) is 14.7 Å². The van der Waals surface area contributed by atoms with Crippen molar-refractivity contribution in [1.29, 1.82) is 0 Å². The molecule has 144 valence electrons. The first-order chi connectivity index (χ1) is 13.7. The molecule has 0 amide bonds. The molecule has 5 heteroatoms. The van der Waals surface area contributed by atoms with Gasteiger partial charge in [-0.05, 0) is 60.2 Å². The number of benzene rings is 2. The van der Waals surface area contributed by atoms with Crippen LogP contribution in [0.5, 0.6) is 0 Å². The highest BCUT2D eigenvalue weighted by molar-refractivity contribution is 5.87. The van der Waals surface area contributed by atoms with Crippen molar-refractivity contribution >= 4 is 5.97 Å². The van der Waals surface area contributed by atoms with Crippen LogP contribution in [0.3, 0.4) is 0 Å². The normalized spacial score (nSPS) is 17.5. The standard InChI is InChI=1S/C23H25N3O2/c27-23(28)19-10-8-18(9-11-19)20-7-3-13-25(15-20)16-21-5-1-2-6-22(21)17-26-14-4-12-24-26/h1-2,4-6,8-12,14,20H,3,7,13,15-17H2,(H,27,28)/t20-/m1/s1. The Labute approximate surface area is 165 Å². The molecule has 1 aliphatic rings. The van der Waals surface area contributed by atoms with E-state index in [-0.39, 0.29) is 0 Å². The van der Waals surface area contributed by atoms with E-state index in [4.69, 9.17) is 5.11 Å². The lowest BCUT2D eigenvalue weighted by molar-refractivity contribution is 0.0697. The first-order valence-corrected chi connectivity index (χ1v) is 9.79. The Morgan fingerprint density at radius 2 is 1.79 bits per heavy atom. The fourth-order valence-corrected chi connectivity index (χ4v) is 4.04. The van der Waals surface area contributed by atoms with E-state index >= 15 is 0 Å². The minimum Gasteiger partial charge on any atom is -0.478 e. The predicted molar refractivity (Wildman–Crippen MR) is 108 cm³/mol. The number of carbonyl (C=O) groups is 1. The molecule has 1 aromatic heterocycles. The summed E-state index contributed by atoms with van der Waals surface area (Å²) in [7, 11) is 0. The van der Waals surface area contributed by atoms with Crippen molar-refractivity contribution in [2.24, 2.45) is 0 Å². The van der Waals surface area contributed by atoms with Gasteiger partial charge in [0, 0.05) is 25.5 Å². The second-order valence-corrected chi connectivity index (χ2v) is 7.47. The Bertz CT molecular complexity index is 919. The number of likely N-dealkylation sites (tertiary alicyclic amines) is 1. The van der Waals surface area contributed by atoms with E-state index in [9.17, 15) is 4.79 Å². The van der Waals surface area contributed by atoms with E-state index in [1.54, 1.807) is 12.1 Å². The SMILES string of the molecule is O=C(O)c1ccc([C@@H]2CCCN(Cc3ccccc3Cn3cccn3)C2)cc1. The van der Waals surface area contributed by atoms with Crippen molar-refractivity contribution in [2.45, 2.75) is 31.8 Å². The number of piperidine rings is 1. The summed E-state index contributed by atoms with van der Waals surface area (Å²) in [5, 5.41) is 13.4. The van der Waals surface area contributed by atoms with E-state index in [0.717, 1.165) is 39.0 Å². The summed E-state index contributed by atoms with van der Waals surface area (Å²) in [6.45, 7) is 3.82. The van der Waals surface area contributed by atoms with Gasteiger partial charge in [0.25, 0.3) is 0 Å². The fraction of sp³-hybridized carbons (Fsp3) is 0.304. The maximum Gasteiger partial charge on any atom is 0.335 e. The Morgan fingerprint density at radius 1 is 1.04 bits per heavy atom. The molecule has 1 N–H and O–H groups in total. The highest BCUT2D eigenvalue weighted by Crippen LogP contribution is 2.28. The fourth-order valence-electron chi connectivity index (χ4n) is 4.04. The van der Waals surface area contributed by atoms with Crippen LogP contribution in [-0.4, -0.2) is 38.8 Å². The molecule has 0 bridgehead atoms. The van der Waals surface area contributed by atoms with Gasteiger partial charge in [-0.15, -0.1) is 0 Å². The van der Waals surface area contributed by atoms with Crippen LogP contribution >= 0.6 is 0 Å². The van der Waals surface area contributed by atoms with Gasteiger partial charge in [0.05, 0.1) is 12.1 Å². The quantitative estimate of drug-likeness (QED) is 0.707. The molecular formula is C23H25N3O2. The Hall–Kier alpha value is -2.92. The summed E-state index contributed by atoms with van der Waals surface area (Å²) >= 11 is 0. The second-order valence-electron chi connectivity index (χ2n) is 7.47. The minimum atomic E-state index is -0.870. The summed E-state index contributed by atoms with van der Waals surface area (Å²) in [6.07, 6.45) is 6.12. The lowest BCUT2D eigenvalue weighted by atomic mass is 9.89. The summed E-state index contributed by atoms with van der Waals surface area (Å²) in [4.78, 5) is 13.6. The molecule has 1 fully saturated rings. The Balaban J connectivity index is 1.45. The average Bonchev–Trinajstić information content (AvgIpc) is 3.23. The van der Waals surface area contributed by atoms with Gasteiger partial charge in [0.2, 0.25) is 0 Å². The van der Waals surface area contributed by atoms with Crippen molar-refractivity contribution in [3.8, 4) is 0 Å². The number of hydrogen-bond donors (Lipinski definition) is 1. The van der Waals surface area contributed by atoms with E-state index in [2.05, 4.69) is 34.3 Å². The van der Waals surface area contributed by atoms with Gasteiger partial charge < -0.3 is 5.11 Å². The minimum absolute atomic E-state index is 0.351. The second kappa shape index (κ2) is 8.40. The molecule has 1 atom stereocenters. The monoisotopic (exact) mass is 375 g/mol. The third-order valence-corrected chi connectivity index (χ3v) is 5.54. The van der Waals surface area contributed by atoms with Crippen molar-refractivity contribution in [2.75, 3.05) is 13.1 Å². The lowest BCUT2D eigenvalue weighted by Crippen LogP contribution is -2.34. The molecule has 3 aromatic rings. The van der Waals surface area contributed by atoms with Gasteiger partial charge in [-0.3, -0.25) is 9.58 Å². The van der Waals surface area contributed by atoms with Gasteiger partial charge in [0.15, 0.2) is 0 Å². The average molecular weight is 375 g/mol. The zero-order valence-electron chi connectivity index (χ0n) is 15.9. The molecule has 2 aromatic carbocycles. The molecule has 1 aliphatic heterocycles. The molecule has 1 saturated heterocycles. The zero-order chi connectivity index (χ0) is 19.3. The van der Waals surface area contributed by atoms with Gasteiger partial charge in [-0.2, -0.15) is 5.10 Å². The Morgan fingerprint density at radius 3 is 2.46 bits per heavy atom. The molecule has 0 unspecified atom stereocenters. The van der Waals surface area contributed by atoms with Crippen molar-refractivity contribution in [3.63, 3.8) is 0 Å². The maximum atomic E-state index is 11.1. The first-order valence-electron chi connectivity index (χ1n) is 9.79. The van der Waals surface area contributed by atoms with Crippen molar-refractivity contribution < 1.29 is 9.90 Å². The van der Waals surface area contributed by atoms with Crippen LogP contribution in [0, 0.1) is 0 Å². The van der Waals surface area contributed by atoms with Crippen LogP contribution in [0.2, 0.25) is 0 Å². The van der Waals surface area contributed by atoms with E-state index in [1.165, 1.54) is 16.7 Å². The first kappa shape index (κ1) is 18.4. The molecule has 5 nitrogen and oxygen atoms in total. The number of aromatic carboxylic acids is 1. The summed E-state index contributed by atoms with van der Waals surface area (Å²) in [5.41, 5.74) is 4.24. The Kier molecular flexibility index (Phi) is 5.53. The number of hydrogen-bond acceptors (Lipinski definition) is 3. The number of carboxylic acid groups (broad SMARTS) is 1. The highest BCUT2D eigenvalue weighted by atomic mass is 16.4. The number of carboxylic acids is 1. The van der Waals surface area contributed by atoms with Crippen LogP contribution in [0.25, 0.3) is 0 Å². The van der Waals surface area contributed by atoms with E-state index < -0.39 is 5.97 Å². The molecule has 0 spiro atoms. The summed E-state index contributed by atoms with van der Waals surface area (Å²) in [5.74, 6) is -0.416. The van der Waals surface area contributed by atoms with Crippen LogP contribution in [0.1, 0.15) is 45.8 Å². The zero-order valence-corrected chi connectivity index (χ0v) is 15.9. The number of nitrogens with zero attached hydrogens (tertiary/aromatic N) is 3. The third-order valence-electron chi connectivity index (χ3n) is 5.54. The molecule has 2 heterocycles. The molecular weight excluding hydrogens is 350 g/mol. The van der Waals surface area contributed by atoms with Crippen molar-refractivity contribution in [3.05, 3.63) is 89.2 Å². The van der Waals surface area contributed by atoms with E-state index in [1.807, 2.05) is 35.3 Å². The number of rotatable bonds is 6. The molecule has 4 rings (SSSR count). The van der Waals surface area contributed by atoms with Gasteiger partial charge in [0.1, 0.15) is 0 Å². The van der Waals surface area contributed by atoms with Gasteiger partial charge >= 0.3 is 5.97 Å². The van der Waals surface area contributed by atoms with Crippen LogP contribution in [0.4, 0.5) is 0 Å². The highest BCUT2D eigenvalue weighted by Gasteiger charge is 2.22. The smallest absolute Gasteiger partial charge is 0.335 e. The topological polar surface area (TPSA) is 58.4 Å². The third kappa shape index (κ3) is 4.31. The molecule has 0 radical (unpaired) electrons. The molecule has 0 saturated carbocycles. The maximum absolute atomic E-state index is 11.1. The van der Waals surface area contributed by atoms with Crippen LogP contribution in [-0.2, 0) is 13.1 Å². The largest absolute Gasteiger partial charge is 0.478 e. The summed E-state index contributed by atoms with van der Waals surface area (Å²) < 4.78 is 1.96. The van der Waals surface area contributed by atoms with Crippen LogP contribution in [0.15, 0.2) is 67.0 Å². The van der Waals surface area contributed by atoms with E-state index in [0.29, 0.717) is 11.5 Å². The van der Waals surface area contributed by atoms with Gasteiger partial charge in [-0.25, -0.2) is 4.79 Å². The van der Waals surface area contributed by atoms with Crippen LogP contribution < -0.4 is 0 Å². The predicted octanol–water partition coefficient (Wildman–Crippen LogP) is 4.01. The molecule has 0 aliphatic carbocycles. The molecule has 28 heavy (non-hydrogen) atoms. The lowest BCUT2D eigenvalue weighted by Gasteiger charge is -2.33. The number of aromatic nitrogens is 2. The van der Waals surface area contributed by atoms with Gasteiger partial charge in [-0.1, -0.05) is 36.4 Å². The summed E-state index contributed by atoms with van der Waals surface area (Å²) in [6, 6.07) is 17.9.